The van der Waals surface area contributed by atoms with Crippen molar-refractivity contribution in [3.05, 3.63) is 34.9 Å². The second-order valence-electron chi connectivity index (χ2n) is 4.56. The Balaban J connectivity index is 2.50. The molecule has 0 aliphatic carbocycles. The Labute approximate surface area is 103 Å². The van der Waals surface area contributed by atoms with Crippen LogP contribution in [0.3, 0.4) is 0 Å². The van der Waals surface area contributed by atoms with Gasteiger partial charge in [-0.25, -0.2) is 0 Å². The number of carbonyl (C=O) groups excluding carboxylic acids is 1. The molecule has 0 amide bonds. The van der Waals surface area contributed by atoms with E-state index in [1.165, 1.54) is 23.8 Å². The molecule has 0 atom stereocenters. The van der Waals surface area contributed by atoms with Gasteiger partial charge in [-0.15, -0.1) is 0 Å². The van der Waals surface area contributed by atoms with Gasteiger partial charge < -0.3 is 9.64 Å². The number of benzene rings is 1. The number of methoxy groups -OCH3 is 1. The Bertz CT molecular complexity index is 368. The van der Waals surface area contributed by atoms with Crippen LogP contribution in [0.15, 0.2) is 18.2 Å². The minimum absolute atomic E-state index is 0.155. The summed E-state index contributed by atoms with van der Waals surface area (Å²) in [5, 5.41) is 0. The van der Waals surface area contributed by atoms with E-state index in [1.807, 2.05) is 7.05 Å². The summed E-state index contributed by atoms with van der Waals surface area (Å²) < 4.78 is 4.62. The minimum atomic E-state index is -0.155. The van der Waals surface area contributed by atoms with Gasteiger partial charge in [0, 0.05) is 13.1 Å². The summed E-state index contributed by atoms with van der Waals surface area (Å²) in [4.78, 5) is 13.2. The van der Waals surface area contributed by atoms with E-state index in [0.717, 1.165) is 13.1 Å². The van der Waals surface area contributed by atoms with Gasteiger partial charge in [0.1, 0.15) is 0 Å². The summed E-state index contributed by atoms with van der Waals surface area (Å²) in [6.07, 6.45) is 0.442. The molecule has 17 heavy (non-hydrogen) atoms. The first-order valence-corrected chi connectivity index (χ1v) is 5.84. The Morgan fingerprint density at radius 3 is 2.35 bits per heavy atom. The quantitative estimate of drug-likeness (QED) is 0.733. The highest BCUT2D eigenvalue weighted by Gasteiger charge is 2.05. The zero-order valence-corrected chi connectivity index (χ0v) is 11.1. The van der Waals surface area contributed by atoms with Crippen LogP contribution in [0.1, 0.15) is 23.1 Å². The molecule has 0 saturated carbocycles. The third-order valence-corrected chi connectivity index (χ3v) is 2.66. The zero-order valence-electron chi connectivity index (χ0n) is 11.1. The largest absolute Gasteiger partial charge is 0.469 e. The van der Waals surface area contributed by atoms with Gasteiger partial charge in [0.15, 0.2) is 0 Å². The molecule has 1 aromatic carbocycles. The van der Waals surface area contributed by atoms with E-state index in [4.69, 9.17) is 0 Å². The van der Waals surface area contributed by atoms with E-state index in [9.17, 15) is 4.79 Å². The van der Waals surface area contributed by atoms with Gasteiger partial charge in [0.25, 0.3) is 0 Å². The highest BCUT2D eigenvalue weighted by atomic mass is 16.5. The topological polar surface area (TPSA) is 29.5 Å². The molecule has 3 heteroatoms. The summed E-state index contributed by atoms with van der Waals surface area (Å²) in [6.45, 7) is 5.79. The fraction of sp³-hybridized carbons (Fsp3) is 0.500. The lowest BCUT2D eigenvalue weighted by atomic mass is 10.1. The van der Waals surface area contributed by atoms with Gasteiger partial charge in [-0.2, -0.15) is 0 Å². The van der Waals surface area contributed by atoms with Gasteiger partial charge in [-0.3, -0.25) is 4.79 Å². The number of esters is 1. The van der Waals surface area contributed by atoms with E-state index in [-0.39, 0.29) is 5.97 Å². The van der Waals surface area contributed by atoms with Crippen molar-refractivity contribution >= 4 is 5.97 Å². The second kappa shape index (κ2) is 6.40. The van der Waals surface area contributed by atoms with Crippen molar-refractivity contribution in [1.29, 1.82) is 0 Å². The summed E-state index contributed by atoms with van der Waals surface area (Å²) >= 11 is 0. The minimum Gasteiger partial charge on any atom is -0.469 e. The van der Waals surface area contributed by atoms with Crippen molar-refractivity contribution in [2.75, 3.05) is 20.7 Å². The summed E-state index contributed by atoms with van der Waals surface area (Å²) in [5.74, 6) is -0.155. The van der Waals surface area contributed by atoms with Gasteiger partial charge in [0.05, 0.1) is 13.5 Å². The van der Waals surface area contributed by atoms with E-state index >= 15 is 0 Å². The zero-order chi connectivity index (χ0) is 12.8. The number of nitrogens with zero attached hydrogens (tertiary/aromatic N) is 1. The third kappa shape index (κ3) is 5.00. The fourth-order valence-electron chi connectivity index (χ4n) is 1.94. The van der Waals surface area contributed by atoms with Gasteiger partial charge in [-0.05, 0) is 26.5 Å². The first kappa shape index (κ1) is 13.7. The van der Waals surface area contributed by atoms with Crippen LogP contribution in [-0.2, 0) is 16.1 Å². The smallest absolute Gasteiger partial charge is 0.306 e. The molecule has 0 aliphatic rings. The predicted molar refractivity (Wildman–Crippen MR) is 68.9 cm³/mol. The van der Waals surface area contributed by atoms with Gasteiger partial charge in [-0.1, -0.05) is 29.3 Å². The molecule has 1 aromatic rings. The third-order valence-electron chi connectivity index (χ3n) is 2.66. The van der Waals surface area contributed by atoms with Crippen molar-refractivity contribution < 1.29 is 9.53 Å². The van der Waals surface area contributed by atoms with E-state index in [0.29, 0.717) is 6.42 Å². The molecular weight excluding hydrogens is 214 g/mol. The van der Waals surface area contributed by atoms with Crippen LogP contribution < -0.4 is 0 Å². The van der Waals surface area contributed by atoms with Crippen molar-refractivity contribution in [1.82, 2.24) is 4.90 Å². The summed E-state index contributed by atoms with van der Waals surface area (Å²) in [6, 6.07) is 6.53. The maximum absolute atomic E-state index is 11.0. The molecule has 0 aromatic heterocycles. The molecule has 0 N–H and O–H groups in total. The molecule has 0 saturated heterocycles. The number of hydrogen-bond donors (Lipinski definition) is 0. The highest BCUT2D eigenvalue weighted by Crippen LogP contribution is 2.10. The van der Waals surface area contributed by atoms with Crippen LogP contribution in [-0.4, -0.2) is 31.6 Å². The molecular formula is C14H21NO2. The first-order chi connectivity index (χ1) is 8.01. The van der Waals surface area contributed by atoms with Crippen molar-refractivity contribution in [3.63, 3.8) is 0 Å². The average Bonchev–Trinajstić information content (AvgIpc) is 2.24. The van der Waals surface area contributed by atoms with Crippen LogP contribution in [0.4, 0.5) is 0 Å². The molecule has 3 nitrogen and oxygen atoms in total. The lowest BCUT2D eigenvalue weighted by Gasteiger charge is -2.16. The molecule has 0 unspecified atom stereocenters. The maximum atomic E-state index is 11.0. The Morgan fingerprint density at radius 2 is 1.82 bits per heavy atom. The Hall–Kier alpha value is -1.35. The number of rotatable bonds is 5. The average molecular weight is 235 g/mol. The fourth-order valence-corrected chi connectivity index (χ4v) is 1.94. The molecule has 0 spiro atoms. The molecule has 0 bridgehead atoms. The Kier molecular flexibility index (Phi) is 5.16. The summed E-state index contributed by atoms with van der Waals surface area (Å²) in [7, 11) is 3.44. The van der Waals surface area contributed by atoms with Crippen LogP contribution in [0, 0.1) is 13.8 Å². The number of ether oxygens (including phenoxy) is 1. The number of hydrogen-bond acceptors (Lipinski definition) is 3. The monoisotopic (exact) mass is 235 g/mol. The van der Waals surface area contributed by atoms with Crippen LogP contribution in [0.5, 0.6) is 0 Å². The molecule has 0 aliphatic heterocycles. The second-order valence-corrected chi connectivity index (χ2v) is 4.56. The maximum Gasteiger partial charge on any atom is 0.306 e. The molecule has 0 radical (unpaired) electrons. The van der Waals surface area contributed by atoms with Crippen molar-refractivity contribution in [2.45, 2.75) is 26.8 Å². The van der Waals surface area contributed by atoms with E-state index < -0.39 is 0 Å². The highest BCUT2D eigenvalue weighted by molar-refractivity contribution is 5.69. The molecule has 94 valence electrons. The Morgan fingerprint density at radius 1 is 1.24 bits per heavy atom. The van der Waals surface area contributed by atoms with E-state index in [1.54, 1.807) is 0 Å². The molecule has 0 fully saturated rings. The number of carbonyl (C=O) groups is 1. The molecule has 0 heterocycles. The van der Waals surface area contributed by atoms with Crippen LogP contribution in [0.2, 0.25) is 0 Å². The van der Waals surface area contributed by atoms with Gasteiger partial charge >= 0.3 is 5.97 Å². The SMILES string of the molecule is COC(=O)CCN(C)Cc1cc(C)cc(C)c1. The van der Waals surface area contributed by atoms with Crippen LogP contribution in [0.25, 0.3) is 0 Å². The van der Waals surface area contributed by atoms with Crippen molar-refractivity contribution in [2.24, 2.45) is 0 Å². The standard InChI is InChI=1S/C14H21NO2/c1-11-7-12(2)9-13(8-11)10-15(3)6-5-14(16)17-4/h7-9H,5-6,10H2,1-4H3. The van der Waals surface area contributed by atoms with Crippen molar-refractivity contribution in [3.8, 4) is 0 Å². The van der Waals surface area contributed by atoms with Gasteiger partial charge in [0.2, 0.25) is 0 Å². The first-order valence-electron chi connectivity index (χ1n) is 5.84. The normalized spacial score (nSPS) is 10.6. The van der Waals surface area contributed by atoms with Crippen LogP contribution >= 0.6 is 0 Å². The summed E-state index contributed by atoms with van der Waals surface area (Å²) in [5.41, 5.74) is 3.85. The lowest BCUT2D eigenvalue weighted by Crippen LogP contribution is -2.21. The van der Waals surface area contributed by atoms with E-state index in [2.05, 4.69) is 41.7 Å². The molecule has 1 rings (SSSR count). The lowest BCUT2D eigenvalue weighted by molar-refractivity contribution is -0.140. The number of aryl methyl sites for hydroxylation is 2. The predicted octanol–water partition coefficient (Wildman–Crippen LogP) is 2.30.